The van der Waals surface area contributed by atoms with Crippen LogP contribution in [0.25, 0.3) is 0 Å². The van der Waals surface area contributed by atoms with Crippen molar-refractivity contribution in [1.82, 2.24) is 14.1 Å². The van der Waals surface area contributed by atoms with E-state index in [1.165, 1.54) is 10.6 Å². The van der Waals surface area contributed by atoms with Gasteiger partial charge in [0.2, 0.25) is 10.0 Å². The largest absolute Gasteiger partial charge is 0.269 e. The van der Waals surface area contributed by atoms with Gasteiger partial charge in [0.1, 0.15) is 0 Å². The van der Waals surface area contributed by atoms with Crippen LogP contribution in [-0.2, 0) is 10.0 Å². The number of hydrogen-bond donors (Lipinski definition) is 0. The molecule has 1 fully saturated rings. The van der Waals surface area contributed by atoms with Gasteiger partial charge in [-0.25, -0.2) is 12.7 Å². The first-order valence-electron chi connectivity index (χ1n) is 5.11. The molecule has 2 rings (SSSR count). The van der Waals surface area contributed by atoms with Crippen LogP contribution in [-0.4, -0.2) is 41.8 Å². The lowest BCUT2D eigenvalue weighted by Crippen LogP contribution is -2.38. The minimum absolute atomic E-state index is 0.335. The van der Waals surface area contributed by atoms with Crippen molar-refractivity contribution in [2.45, 2.75) is 18.9 Å². The normalized spacial score (nSPS) is 20.1. The van der Waals surface area contributed by atoms with E-state index in [0.717, 1.165) is 16.4 Å². The molecule has 0 spiro atoms. The Hall–Kier alpha value is -0.150. The van der Waals surface area contributed by atoms with E-state index < -0.39 is 10.0 Å². The molecule has 0 unspecified atom stereocenters. The van der Waals surface area contributed by atoms with Gasteiger partial charge in [0.05, 0.1) is 22.1 Å². The highest BCUT2D eigenvalue weighted by molar-refractivity contribution is 14.1. The first-order valence-corrected chi connectivity index (χ1v) is 8.04. The summed E-state index contributed by atoms with van der Waals surface area (Å²) in [5, 5.41) is 4.27. The summed E-state index contributed by atoms with van der Waals surface area (Å²) in [4.78, 5) is 0. The summed E-state index contributed by atoms with van der Waals surface area (Å²) in [7, 11) is -3.02. The third-order valence-electron chi connectivity index (χ3n) is 2.84. The Morgan fingerprint density at radius 3 is 2.50 bits per heavy atom. The summed E-state index contributed by atoms with van der Waals surface area (Å²) in [6, 6.07) is 0.335. The number of hydrogen-bond acceptors (Lipinski definition) is 3. The van der Waals surface area contributed by atoms with E-state index in [1.54, 1.807) is 0 Å². The molecule has 1 saturated heterocycles. The van der Waals surface area contributed by atoms with Crippen molar-refractivity contribution < 1.29 is 8.42 Å². The van der Waals surface area contributed by atoms with Crippen molar-refractivity contribution in [3.05, 3.63) is 16.0 Å². The molecule has 0 amide bonds. The topological polar surface area (TPSA) is 55.2 Å². The van der Waals surface area contributed by atoms with E-state index in [4.69, 9.17) is 0 Å². The second-order valence-corrected chi connectivity index (χ2v) is 7.26. The zero-order chi connectivity index (χ0) is 11.8. The molecule has 16 heavy (non-hydrogen) atoms. The van der Waals surface area contributed by atoms with Gasteiger partial charge < -0.3 is 0 Å². The molecule has 0 aromatic carbocycles. The minimum Gasteiger partial charge on any atom is -0.269 e. The molecule has 0 atom stereocenters. The maximum atomic E-state index is 11.3. The van der Waals surface area contributed by atoms with Gasteiger partial charge in [0.15, 0.2) is 0 Å². The molecule has 0 saturated carbocycles. The van der Waals surface area contributed by atoms with Crippen molar-refractivity contribution in [2.75, 3.05) is 19.3 Å². The maximum Gasteiger partial charge on any atom is 0.211 e. The van der Waals surface area contributed by atoms with Gasteiger partial charge in [0, 0.05) is 19.3 Å². The number of halogens is 1. The Balaban J connectivity index is 2.00. The number of sulfonamides is 1. The lowest BCUT2D eigenvalue weighted by molar-refractivity contribution is 0.262. The monoisotopic (exact) mass is 355 g/mol. The predicted octanol–water partition coefficient (Wildman–Crippen LogP) is 1.08. The third-order valence-corrected chi connectivity index (χ3v) is 4.70. The molecule has 5 nitrogen and oxygen atoms in total. The highest BCUT2D eigenvalue weighted by Crippen LogP contribution is 2.23. The van der Waals surface area contributed by atoms with Crippen LogP contribution in [0.1, 0.15) is 18.9 Å². The van der Waals surface area contributed by atoms with E-state index in [2.05, 4.69) is 27.7 Å². The predicted molar refractivity (Wildman–Crippen MR) is 69.6 cm³/mol. The second-order valence-electron chi connectivity index (χ2n) is 4.03. The molecule has 7 heteroatoms. The Bertz CT molecular complexity index is 463. The fraction of sp³-hybridized carbons (Fsp3) is 0.667. The van der Waals surface area contributed by atoms with Crippen LogP contribution in [0.4, 0.5) is 0 Å². The zero-order valence-electron chi connectivity index (χ0n) is 9.00. The fourth-order valence-corrected chi connectivity index (χ4v) is 3.24. The van der Waals surface area contributed by atoms with Crippen molar-refractivity contribution in [3.63, 3.8) is 0 Å². The van der Waals surface area contributed by atoms with Crippen molar-refractivity contribution >= 4 is 32.6 Å². The average Bonchev–Trinajstić information content (AvgIpc) is 2.64. The Kier molecular flexibility index (Phi) is 3.55. The van der Waals surface area contributed by atoms with Crippen LogP contribution in [0, 0.1) is 3.57 Å². The van der Waals surface area contributed by atoms with Crippen LogP contribution >= 0.6 is 22.6 Å². The number of nitrogens with zero attached hydrogens (tertiary/aromatic N) is 3. The number of aromatic nitrogens is 2. The van der Waals surface area contributed by atoms with Crippen molar-refractivity contribution in [1.29, 1.82) is 0 Å². The summed E-state index contributed by atoms with van der Waals surface area (Å²) < 4.78 is 27.3. The van der Waals surface area contributed by atoms with Crippen molar-refractivity contribution in [3.8, 4) is 0 Å². The standard InChI is InChI=1S/C9H14IN3O2S/c1-16(14,15)12-4-2-9(3-5-12)13-7-8(10)6-11-13/h6-7,9H,2-5H2,1H3. The van der Waals surface area contributed by atoms with E-state index in [-0.39, 0.29) is 0 Å². The summed E-state index contributed by atoms with van der Waals surface area (Å²) in [5.74, 6) is 0. The molecule has 1 aliphatic heterocycles. The zero-order valence-corrected chi connectivity index (χ0v) is 12.0. The highest BCUT2D eigenvalue weighted by atomic mass is 127. The summed E-state index contributed by atoms with van der Waals surface area (Å²) in [6.07, 6.45) is 6.77. The lowest BCUT2D eigenvalue weighted by Gasteiger charge is -2.30. The minimum atomic E-state index is -3.02. The molecule has 0 radical (unpaired) electrons. The molecule has 1 aromatic rings. The molecule has 0 aliphatic carbocycles. The SMILES string of the molecule is CS(=O)(=O)N1CCC(n2cc(I)cn2)CC1. The van der Waals surface area contributed by atoms with E-state index in [0.29, 0.717) is 19.1 Å². The van der Waals surface area contributed by atoms with Crippen LogP contribution in [0.5, 0.6) is 0 Å². The number of rotatable bonds is 2. The smallest absolute Gasteiger partial charge is 0.211 e. The van der Waals surface area contributed by atoms with Gasteiger partial charge in [-0.3, -0.25) is 4.68 Å². The van der Waals surface area contributed by atoms with Gasteiger partial charge in [0.25, 0.3) is 0 Å². The van der Waals surface area contributed by atoms with Crippen molar-refractivity contribution in [2.24, 2.45) is 0 Å². The van der Waals surface area contributed by atoms with Gasteiger partial charge in [-0.05, 0) is 35.4 Å². The summed E-state index contributed by atoms with van der Waals surface area (Å²) in [5.41, 5.74) is 0. The molecule has 0 N–H and O–H groups in total. The van der Waals surface area contributed by atoms with Crippen LogP contribution in [0.3, 0.4) is 0 Å². The Morgan fingerprint density at radius 1 is 1.44 bits per heavy atom. The van der Waals surface area contributed by atoms with Crippen LogP contribution < -0.4 is 0 Å². The van der Waals surface area contributed by atoms with Gasteiger partial charge in [-0.15, -0.1) is 0 Å². The summed E-state index contributed by atoms with van der Waals surface area (Å²) in [6.45, 7) is 1.19. The van der Waals surface area contributed by atoms with Gasteiger partial charge >= 0.3 is 0 Å². The summed E-state index contributed by atoms with van der Waals surface area (Å²) >= 11 is 2.22. The molecular formula is C9H14IN3O2S. The fourth-order valence-electron chi connectivity index (χ4n) is 1.95. The Labute approximate surface area is 109 Å². The van der Waals surface area contributed by atoms with Crippen LogP contribution in [0.2, 0.25) is 0 Å². The molecule has 0 bridgehead atoms. The quantitative estimate of drug-likeness (QED) is 0.747. The lowest BCUT2D eigenvalue weighted by atomic mass is 10.1. The van der Waals surface area contributed by atoms with E-state index >= 15 is 0 Å². The molecule has 2 heterocycles. The van der Waals surface area contributed by atoms with Gasteiger partial charge in [-0.1, -0.05) is 0 Å². The first-order chi connectivity index (χ1) is 7.47. The van der Waals surface area contributed by atoms with E-state index in [1.807, 2.05) is 17.1 Å². The molecular weight excluding hydrogens is 341 g/mol. The second kappa shape index (κ2) is 4.61. The third kappa shape index (κ3) is 2.75. The van der Waals surface area contributed by atoms with Crippen LogP contribution in [0.15, 0.2) is 12.4 Å². The molecule has 1 aromatic heterocycles. The number of piperidine rings is 1. The maximum absolute atomic E-state index is 11.3. The molecule has 90 valence electrons. The first kappa shape index (κ1) is 12.3. The highest BCUT2D eigenvalue weighted by Gasteiger charge is 2.25. The average molecular weight is 355 g/mol. The van der Waals surface area contributed by atoms with Gasteiger partial charge in [-0.2, -0.15) is 5.10 Å². The van der Waals surface area contributed by atoms with E-state index in [9.17, 15) is 8.42 Å². The molecule has 1 aliphatic rings. The Morgan fingerprint density at radius 2 is 2.06 bits per heavy atom.